The van der Waals surface area contributed by atoms with Gasteiger partial charge in [-0.05, 0) is 41.6 Å². The van der Waals surface area contributed by atoms with E-state index in [9.17, 15) is 9.18 Å². The zero-order valence-corrected chi connectivity index (χ0v) is 15.7. The first kappa shape index (κ1) is 17.9. The molecular formula is C22H21FN2OS. The molecule has 1 N–H and O–H groups in total. The zero-order valence-electron chi connectivity index (χ0n) is 14.9. The Labute approximate surface area is 162 Å². The van der Waals surface area contributed by atoms with Crippen molar-refractivity contribution in [2.45, 2.75) is 19.0 Å². The molecule has 1 aliphatic rings. The molecule has 1 aromatic heterocycles. The average molecular weight is 380 g/mol. The predicted molar refractivity (Wildman–Crippen MR) is 107 cm³/mol. The van der Waals surface area contributed by atoms with Crippen molar-refractivity contribution >= 4 is 17.2 Å². The Morgan fingerprint density at radius 2 is 1.93 bits per heavy atom. The number of thiophene rings is 1. The van der Waals surface area contributed by atoms with E-state index in [0.29, 0.717) is 17.7 Å². The van der Waals surface area contributed by atoms with Crippen LogP contribution >= 0.6 is 11.3 Å². The Kier molecular flexibility index (Phi) is 5.32. The molecule has 1 amide bonds. The van der Waals surface area contributed by atoms with Crippen LogP contribution in [-0.4, -0.2) is 29.9 Å². The van der Waals surface area contributed by atoms with E-state index >= 15 is 0 Å². The van der Waals surface area contributed by atoms with Gasteiger partial charge in [0.2, 0.25) is 0 Å². The van der Waals surface area contributed by atoms with Crippen molar-refractivity contribution in [1.82, 2.24) is 10.2 Å². The van der Waals surface area contributed by atoms with E-state index in [1.165, 1.54) is 10.9 Å². The molecule has 138 valence electrons. The summed E-state index contributed by atoms with van der Waals surface area (Å²) in [6, 6.07) is 18.8. The minimum atomic E-state index is -0.171. The lowest BCUT2D eigenvalue weighted by Gasteiger charge is -2.17. The molecular weight excluding hydrogens is 359 g/mol. The van der Waals surface area contributed by atoms with Crippen LogP contribution in [0, 0.1) is 5.82 Å². The maximum atomic E-state index is 13.8. The number of likely N-dealkylation sites (tertiary alicyclic amines) is 1. The molecule has 0 aliphatic carbocycles. The predicted octanol–water partition coefficient (Wildman–Crippen LogP) is 4.56. The van der Waals surface area contributed by atoms with E-state index in [0.717, 1.165) is 25.1 Å². The van der Waals surface area contributed by atoms with Gasteiger partial charge in [0, 0.05) is 41.7 Å². The highest BCUT2D eigenvalue weighted by molar-refractivity contribution is 7.13. The first-order valence-corrected chi connectivity index (χ1v) is 9.97. The lowest BCUT2D eigenvalue weighted by molar-refractivity contribution is 0.0937. The van der Waals surface area contributed by atoms with E-state index in [4.69, 9.17) is 0 Å². The number of carbonyl (C=O) groups is 1. The minimum absolute atomic E-state index is 0.0505. The standard InChI is InChI=1S/C22H21FN2OS/c23-20-5-2-1-4-18(20)14-25-12-11-19(15-25)24-22(26)17-9-7-16(8-10-17)21-6-3-13-27-21/h1-10,13,19H,11-12,14-15H2,(H,24,26)/t19-/m0/s1. The first-order valence-electron chi connectivity index (χ1n) is 9.09. The molecule has 0 spiro atoms. The normalized spacial score (nSPS) is 17.1. The fourth-order valence-corrected chi connectivity index (χ4v) is 4.19. The van der Waals surface area contributed by atoms with Gasteiger partial charge in [-0.3, -0.25) is 9.69 Å². The monoisotopic (exact) mass is 380 g/mol. The van der Waals surface area contributed by atoms with Crippen LogP contribution < -0.4 is 5.32 Å². The smallest absolute Gasteiger partial charge is 0.251 e. The first-order chi connectivity index (χ1) is 13.2. The molecule has 1 saturated heterocycles. The molecule has 2 heterocycles. The SMILES string of the molecule is O=C(N[C@H]1CCN(Cc2ccccc2F)C1)c1ccc(-c2cccs2)cc1. The molecule has 2 aromatic carbocycles. The Bertz CT molecular complexity index is 908. The van der Waals surface area contributed by atoms with Gasteiger partial charge in [-0.15, -0.1) is 11.3 Å². The van der Waals surface area contributed by atoms with Crippen molar-refractivity contribution in [2.24, 2.45) is 0 Å². The Hall–Kier alpha value is -2.50. The highest BCUT2D eigenvalue weighted by atomic mass is 32.1. The summed E-state index contributed by atoms with van der Waals surface area (Å²) in [5.74, 6) is -0.221. The van der Waals surface area contributed by atoms with E-state index in [2.05, 4.69) is 16.3 Å². The lowest BCUT2D eigenvalue weighted by Crippen LogP contribution is -2.37. The van der Waals surface area contributed by atoms with Crippen molar-refractivity contribution in [3.05, 3.63) is 83.0 Å². The quantitative estimate of drug-likeness (QED) is 0.704. The fourth-order valence-electron chi connectivity index (χ4n) is 3.46. The number of hydrogen-bond donors (Lipinski definition) is 1. The number of rotatable bonds is 5. The molecule has 3 aromatic rings. The van der Waals surface area contributed by atoms with E-state index in [1.807, 2.05) is 47.8 Å². The third-order valence-electron chi connectivity index (χ3n) is 4.91. The van der Waals surface area contributed by atoms with Crippen LogP contribution in [0.25, 0.3) is 10.4 Å². The minimum Gasteiger partial charge on any atom is -0.348 e. The topological polar surface area (TPSA) is 32.3 Å². The van der Waals surface area contributed by atoms with Crippen LogP contribution in [0.2, 0.25) is 0 Å². The van der Waals surface area contributed by atoms with Gasteiger partial charge in [0.05, 0.1) is 0 Å². The number of nitrogens with zero attached hydrogens (tertiary/aromatic N) is 1. The molecule has 27 heavy (non-hydrogen) atoms. The molecule has 0 radical (unpaired) electrons. The molecule has 1 fully saturated rings. The van der Waals surface area contributed by atoms with Crippen molar-refractivity contribution < 1.29 is 9.18 Å². The van der Waals surface area contributed by atoms with Crippen LogP contribution in [0.5, 0.6) is 0 Å². The fraction of sp³-hybridized carbons (Fsp3) is 0.227. The third-order valence-corrected chi connectivity index (χ3v) is 5.83. The second-order valence-corrected chi connectivity index (χ2v) is 7.79. The number of carbonyl (C=O) groups excluding carboxylic acids is 1. The molecule has 1 aliphatic heterocycles. The highest BCUT2D eigenvalue weighted by Gasteiger charge is 2.24. The van der Waals surface area contributed by atoms with Crippen molar-refractivity contribution in [1.29, 1.82) is 0 Å². The summed E-state index contributed by atoms with van der Waals surface area (Å²) >= 11 is 1.69. The highest BCUT2D eigenvalue weighted by Crippen LogP contribution is 2.24. The summed E-state index contributed by atoms with van der Waals surface area (Å²) in [6.45, 7) is 2.18. The van der Waals surface area contributed by atoms with Gasteiger partial charge in [0.25, 0.3) is 5.91 Å². The maximum absolute atomic E-state index is 13.8. The summed E-state index contributed by atoms with van der Waals surface area (Å²) in [5, 5.41) is 5.15. The van der Waals surface area contributed by atoms with Gasteiger partial charge >= 0.3 is 0 Å². The van der Waals surface area contributed by atoms with Gasteiger partial charge in [-0.1, -0.05) is 36.4 Å². The summed E-state index contributed by atoms with van der Waals surface area (Å²) in [5.41, 5.74) is 2.50. The number of amides is 1. The van der Waals surface area contributed by atoms with E-state index < -0.39 is 0 Å². The lowest BCUT2D eigenvalue weighted by atomic mass is 10.1. The van der Waals surface area contributed by atoms with E-state index in [-0.39, 0.29) is 17.8 Å². The molecule has 1 atom stereocenters. The zero-order chi connectivity index (χ0) is 18.6. The van der Waals surface area contributed by atoms with Gasteiger partial charge in [-0.25, -0.2) is 4.39 Å². The number of halogens is 1. The Morgan fingerprint density at radius 3 is 2.67 bits per heavy atom. The maximum Gasteiger partial charge on any atom is 0.251 e. The Morgan fingerprint density at radius 1 is 1.11 bits per heavy atom. The number of benzene rings is 2. The van der Waals surface area contributed by atoms with Crippen molar-refractivity contribution in [3.63, 3.8) is 0 Å². The van der Waals surface area contributed by atoms with Crippen molar-refractivity contribution in [2.75, 3.05) is 13.1 Å². The molecule has 0 bridgehead atoms. The summed E-state index contributed by atoms with van der Waals surface area (Å²) in [4.78, 5) is 15.9. The average Bonchev–Trinajstić information content (AvgIpc) is 3.36. The summed E-state index contributed by atoms with van der Waals surface area (Å²) < 4.78 is 13.8. The van der Waals surface area contributed by atoms with Gasteiger partial charge in [0.1, 0.15) is 5.82 Å². The van der Waals surface area contributed by atoms with Crippen LogP contribution in [0.3, 0.4) is 0 Å². The van der Waals surface area contributed by atoms with Crippen LogP contribution in [0.4, 0.5) is 4.39 Å². The molecule has 0 saturated carbocycles. The Balaban J connectivity index is 1.33. The van der Waals surface area contributed by atoms with Crippen LogP contribution in [0.15, 0.2) is 66.0 Å². The molecule has 3 nitrogen and oxygen atoms in total. The van der Waals surface area contributed by atoms with Gasteiger partial charge in [-0.2, -0.15) is 0 Å². The second-order valence-electron chi connectivity index (χ2n) is 6.84. The largest absolute Gasteiger partial charge is 0.348 e. The molecule has 4 rings (SSSR count). The summed E-state index contributed by atoms with van der Waals surface area (Å²) in [6.07, 6.45) is 0.882. The third kappa shape index (κ3) is 4.26. The summed E-state index contributed by atoms with van der Waals surface area (Å²) in [7, 11) is 0. The van der Waals surface area contributed by atoms with Gasteiger partial charge < -0.3 is 5.32 Å². The van der Waals surface area contributed by atoms with E-state index in [1.54, 1.807) is 17.4 Å². The second kappa shape index (κ2) is 8.03. The number of nitrogens with one attached hydrogen (secondary N) is 1. The van der Waals surface area contributed by atoms with Gasteiger partial charge in [0.15, 0.2) is 0 Å². The molecule has 5 heteroatoms. The van der Waals surface area contributed by atoms with Crippen molar-refractivity contribution in [3.8, 4) is 10.4 Å². The number of hydrogen-bond acceptors (Lipinski definition) is 3. The molecule has 0 unspecified atom stereocenters. The van der Waals surface area contributed by atoms with Crippen LogP contribution in [0.1, 0.15) is 22.3 Å². The van der Waals surface area contributed by atoms with Crippen LogP contribution in [-0.2, 0) is 6.54 Å².